The highest BCUT2D eigenvalue weighted by Crippen LogP contribution is 2.38. The van der Waals surface area contributed by atoms with Crippen molar-refractivity contribution < 1.29 is 0 Å². The Labute approximate surface area is 150 Å². The number of nitrogens with zero attached hydrogens (tertiary/aromatic N) is 1. The summed E-state index contributed by atoms with van der Waals surface area (Å²) >= 11 is 0. The Balaban J connectivity index is 0.000000880. The summed E-state index contributed by atoms with van der Waals surface area (Å²) < 4.78 is 0. The first kappa shape index (κ1) is 17.1. The lowest BCUT2D eigenvalue weighted by molar-refractivity contribution is 1.16. The van der Waals surface area contributed by atoms with Crippen LogP contribution < -0.4 is 4.90 Å². The maximum absolute atomic E-state index is 3.51. The van der Waals surface area contributed by atoms with Crippen molar-refractivity contribution in [3.05, 3.63) is 77.1 Å². The van der Waals surface area contributed by atoms with Crippen molar-refractivity contribution in [1.82, 2.24) is 4.98 Å². The summed E-state index contributed by atoms with van der Waals surface area (Å²) in [5, 5.41) is 1.30. The summed E-state index contributed by atoms with van der Waals surface area (Å²) in [6.07, 6.45) is 6.50. The van der Waals surface area contributed by atoms with Crippen molar-refractivity contribution in [2.24, 2.45) is 0 Å². The van der Waals surface area contributed by atoms with Gasteiger partial charge in [0.25, 0.3) is 0 Å². The van der Waals surface area contributed by atoms with E-state index in [0.29, 0.717) is 0 Å². The summed E-state index contributed by atoms with van der Waals surface area (Å²) in [4.78, 5) is 5.83. The van der Waals surface area contributed by atoms with Crippen LogP contribution in [0.3, 0.4) is 0 Å². The second-order valence-electron chi connectivity index (χ2n) is 6.17. The predicted molar refractivity (Wildman–Crippen MR) is 110 cm³/mol. The second kappa shape index (κ2) is 7.02. The molecule has 1 aliphatic rings. The molecule has 0 atom stereocenters. The fourth-order valence-electron chi connectivity index (χ4n) is 3.32. The zero-order valence-electron chi connectivity index (χ0n) is 15.7. The van der Waals surface area contributed by atoms with Gasteiger partial charge in [0.2, 0.25) is 0 Å². The number of benzene rings is 2. The van der Waals surface area contributed by atoms with Crippen LogP contribution in [0.5, 0.6) is 0 Å². The van der Waals surface area contributed by atoms with Gasteiger partial charge >= 0.3 is 0 Å². The summed E-state index contributed by atoms with van der Waals surface area (Å²) in [6.45, 7) is 10.5. The van der Waals surface area contributed by atoms with Gasteiger partial charge in [0.05, 0.1) is 5.69 Å². The van der Waals surface area contributed by atoms with Gasteiger partial charge in [-0.15, -0.1) is 0 Å². The van der Waals surface area contributed by atoms with Crippen molar-refractivity contribution in [2.45, 2.75) is 34.6 Å². The van der Waals surface area contributed by atoms with Gasteiger partial charge in [-0.05, 0) is 62.2 Å². The lowest BCUT2D eigenvalue weighted by atomic mass is 10.1. The van der Waals surface area contributed by atoms with Crippen LogP contribution in [0.25, 0.3) is 17.0 Å². The molecule has 0 saturated carbocycles. The van der Waals surface area contributed by atoms with Crippen molar-refractivity contribution in [3.8, 4) is 0 Å². The highest BCUT2D eigenvalue weighted by molar-refractivity contribution is 5.94. The average molecular weight is 330 g/mol. The van der Waals surface area contributed by atoms with Crippen LogP contribution in [-0.2, 0) is 0 Å². The van der Waals surface area contributed by atoms with E-state index in [1.54, 1.807) is 0 Å². The molecule has 0 spiro atoms. The van der Waals surface area contributed by atoms with Crippen LogP contribution in [0.2, 0.25) is 0 Å². The predicted octanol–water partition coefficient (Wildman–Crippen LogP) is 6.88. The number of hydrogen-bond acceptors (Lipinski definition) is 1. The number of anilines is 2. The highest BCUT2D eigenvalue weighted by atomic mass is 15.1. The molecule has 4 rings (SSSR count). The normalized spacial score (nSPS) is 13.0. The Morgan fingerprint density at radius 2 is 1.64 bits per heavy atom. The van der Waals surface area contributed by atoms with Gasteiger partial charge in [0.15, 0.2) is 0 Å². The number of hydrogen-bond donors (Lipinski definition) is 1. The minimum Gasteiger partial charge on any atom is -0.358 e. The van der Waals surface area contributed by atoms with E-state index in [9.17, 15) is 0 Å². The van der Waals surface area contributed by atoms with E-state index in [4.69, 9.17) is 0 Å². The fraction of sp³-hybridized carbons (Fsp3) is 0.217. The molecular formula is C23H26N2. The molecule has 0 saturated heterocycles. The average Bonchev–Trinajstić information content (AvgIpc) is 2.81. The van der Waals surface area contributed by atoms with E-state index in [0.717, 1.165) is 0 Å². The topological polar surface area (TPSA) is 19.0 Å². The first-order valence-corrected chi connectivity index (χ1v) is 8.98. The number of aromatic nitrogens is 1. The van der Waals surface area contributed by atoms with E-state index in [1.165, 1.54) is 44.8 Å². The summed E-state index contributed by atoms with van der Waals surface area (Å²) in [5.74, 6) is 0. The van der Waals surface area contributed by atoms with Crippen molar-refractivity contribution >= 4 is 28.4 Å². The Morgan fingerprint density at radius 1 is 0.920 bits per heavy atom. The molecule has 0 unspecified atom stereocenters. The molecule has 2 nitrogen and oxygen atoms in total. The number of aryl methyl sites for hydroxylation is 2. The van der Waals surface area contributed by atoms with Crippen LogP contribution >= 0.6 is 0 Å². The quantitative estimate of drug-likeness (QED) is 0.515. The van der Waals surface area contributed by atoms with Crippen LogP contribution in [0, 0.1) is 13.8 Å². The fourth-order valence-corrected chi connectivity index (χ4v) is 3.32. The molecule has 3 aromatic rings. The lowest BCUT2D eigenvalue weighted by Gasteiger charge is -2.26. The number of rotatable bonds is 1. The number of fused-ring (bicyclic) bond motifs is 2. The summed E-state index contributed by atoms with van der Waals surface area (Å²) in [5.41, 5.74) is 8.63. The first-order valence-electron chi connectivity index (χ1n) is 8.98. The van der Waals surface area contributed by atoms with Gasteiger partial charge < -0.3 is 9.88 Å². The molecule has 128 valence electrons. The third kappa shape index (κ3) is 3.00. The van der Waals surface area contributed by atoms with E-state index < -0.39 is 0 Å². The summed E-state index contributed by atoms with van der Waals surface area (Å²) in [6, 6.07) is 15.1. The molecule has 25 heavy (non-hydrogen) atoms. The largest absolute Gasteiger partial charge is 0.358 e. The van der Waals surface area contributed by atoms with E-state index in [2.05, 4.69) is 91.3 Å². The molecule has 1 aromatic heterocycles. The molecule has 0 fully saturated rings. The highest BCUT2D eigenvalue weighted by Gasteiger charge is 2.18. The Hall–Kier alpha value is -2.74. The van der Waals surface area contributed by atoms with Gasteiger partial charge in [-0.2, -0.15) is 0 Å². The Morgan fingerprint density at radius 3 is 2.36 bits per heavy atom. The maximum atomic E-state index is 3.51. The monoisotopic (exact) mass is 330 g/mol. The summed E-state index contributed by atoms with van der Waals surface area (Å²) in [7, 11) is 0. The Kier molecular flexibility index (Phi) is 4.80. The smallest absolute Gasteiger partial charge is 0.0551 e. The third-order valence-corrected chi connectivity index (χ3v) is 4.68. The zero-order chi connectivity index (χ0) is 18.0. The molecule has 2 heterocycles. The zero-order valence-corrected chi connectivity index (χ0v) is 15.7. The molecular weight excluding hydrogens is 304 g/mol. The lowest BCUT2D eigenvalue weighted by Crippen LogP contribution is -2.14. The van der Waals surface area contributed by atoms with Crippen molar-refractivity contribution in [3.63, 3.8) is 0 Å². The van der Waals surface area contributed by atoms with Gasteiger partial charge in [-0.1, -0.05) is 44.2 Å². The van der Waals surface area contributed by atoms with E-state index >= 15 is 0 Å². The molecule has 0 aliphatic carbocycles. The standard InChI is InChI=1S/C21H20N2.C2H6/c1-14-8-7-9-17-12-19-15(2)16(3)22-20(19)13-21(17)23(14)18-10-5-4-6-11-18;1-2/h4-13,22H,1-3H3;1-2H3. The van der Waals surface area contributed by atoms with Crippen molar-refractivity contribution in [1.29, 1.82) is 0 Å². The second-order valence-corrected chi connectivity index (χ2v) is 6.17. The molecule has 2 aromatic carbocycles. The SMILES string of the molecule is CC.CC1=CC=Cc2cc3c(C)c(C)[nH]c3cc2N1c1ccccc1. The number of allylic oxidation sites excluding steroid dienone is 3. The third-order valence-electron chi connectivity index (χ3n) is 4.68. The van der Waals surface area contributed by atoms with Gasteiger partial charge in [-0.3, -0.25) is 0 Å². The van der Waals surface area contributed by atoms with Crippen LogP contribution in [0.1, 0.15) is 37.6 Å². The molecule has 0 amide bonds. The number of nitrogens with one attached hydrogen (secondary N) is 1. The number of H-pyrrole nitrogens is 1. The van der Waals surface area contributed by atoms with Gasteiger partial charge in [0, 0.05) is 28.0 Å². The van der Waals surface area contributed by atoms with Crippen molar-refractivity contribution in [2.75, 3.05) is 4.90 Å². The van der Waals surface area contributed by atoms with Crippen LogP contribution in [0.4, 0.5) is 11.4 Å². The molecule has 2 heteroatoms. The van der Waals surface area contributed by atoms with Crippen LogP contribution in [-0.4, -0.2) is 4.98 Å². The molecule has 0 radical (unpaired) electrons. The molecule has 1 aliphatic heterocycles. The first-order chi connectivity index (χ1) is 12.1. The number of aromatic amines is 1. The minimum atomic E-state index is 1.19. The van der Waals surface area contributed by atoms with Crippen LogP contribution in [0.15, 0.2) is 60.3 Å². The van der Waals surface area contributed by atoms with Gasteiger partial charge in [-0.25, -0.2) is 0 Å². The minimum absolute atomic E-state index is 1.19. The molecule has 0 bridgehead atoms. The van der Waals surface area contributed by atoms with Gasteiger partial charge in [0.1, 0.15) is 0 Å². The molecule has 1 N–H and O–H groups in total. The Bertz CT molecular complexity index is 943. The van der Waals surface area contributed by atoms with E-state index in [-0.39, 0.29) is 0 Å². The maximum Gasteiger partial charge on any atom is 0.0551 e. The number of para-hydroxylation sites is 1. The van der Waals surface area contributed by atoms with E-state index in [1.807, 2.05) is 13.8 Å².